The molecule has 2 aliphatic heterocycles. The Hall–Kier alpha value is -2.10. The van der Waals surface area contributed by atoms with Gasteiger partial charge in [0.25, 0.3) is 5.91 Å². The van der Waals surface area contributed by atoms with Crippen molar-refractivity contribution in [1.82, 2.24) is 21.3 Å². The Morgan fingerprint density at radius 1 is 1.08 bits per heavy atom. The van der Waals surface area contributed by atoms with Crippen LogP contribution in [0.3, 0.4) is 0 Å². The maximum absolute atomic E-state index is 13.2. The standard InChI is InChI=1S/C24H38N4O8S2/c1-6-16-21(30)28-20(14(4)5)24(33)36-15-9-7-8-10-37(34)38(35)12-17(22(31)25-16)26-23(32)19(13(2)3)27-18(29)11-15/h6-7,9,13-15,17,19-20,23,26,32H,8,10-12H2,1-5H3,(H,25,31)(H,27,29)(H,28,30)/b9-7+,16-6-/t15-,17-,19-,20+,23?,37?,38?/m1/s1. The number of carbonyl (C=O) groups excluding carboxylic acids is 4. The van der Waals surface area contributed by atoms with Gasteiger partial charge in [-0.15, -0.1) is 0 Å². The zero-order chi connectivity index (χ0) is 28.6. The van der Waals surface area contributed by atoms with Crippen LogP contribution in [0.2, 0.25) is 0 Å². The normalized spacial score (nSPS) is 34.8. The Kier molecular flexibility index (Phi) is 12.6. The van der Waals surface area contributed by atoms with E-state index in [-0.39, 0.29) is 36.1 Å². The average Bonchev–Trinajstić information content (AvgIpc) is 2.84. The van der Waals surface area contributed by atoms with Crippen molar-refractivity contribution in [3.8, 4) is 0 Å². The highest BCUT2D eigenvalue weighted by atomic mass is 33.2. The molecule has 0 saturated carbocycles. The van der Waals surface area contributed by atoms with E-state index in [9.17, 15) is 33.4 Å². The summed E-state index contributed by atoms with van der Waals surface area (Å²) in [4.78, 5) is 52.3. The van der Waals surface area contributed by atoms with Gasteiger partial charge in [0, 0.05) is 6.42 Å². The number of ether oxygens (including phenoxy) is 1. The molecule has 1 saturated heterocycles. The molecule has 3 amide bonds. The number of nitrogens with one attached hydrogen (secondary N) is 4. The quantitative estimate of drug-likeness (QED) is 0.0928. The molecule has 214 valence electrons. The van der Waals surface area contributed by atoms with Gasteiger partial charge in [-0.2, -0.15) is 0 Å². The number of hydrogen-bond acceptors (Lipinski definition) is 9. The molecule has 0 radical (unpaired) electrons. The van der Waals surface area contributed by atoms with Crippen molar-refractivity contribution in [2.75, 3.05) is 11.5 Å². The first-order valence-corrected chi connectivity index (χ1v) is 15.6. The molecular weight excluding hydrogens is 536 g/mol. The first kappa shape index (κ1) is 32.1. The zero-order valence-corrected chi connectivity index (χ0v) is 23.9. The number of carbonyl (C=O) groups is 4. The number of allylic oxidation sites excluding steroid dienone is 2. The highest BCUT2D eigenvalue weighted by Crippen LogP contribution is 2.16. The van der Waals surface area contributed by atoms with Gasteiger partial charge in [-0.05, 0) is 24.8 Å². The number of aliphatic hydroxyl groups is 1. The number of aliphatic hydroxyl groups excluding tert-OH is 1. The van der Waals surface area contributed by atoms with E-state index in [1.807, 2.05) is 0 Å². The number of rotatable bonds is 2. The third-order valence-electron chi connectivity index (χ3n) is 6.04. The summed E-state index contributed by atoms with van der Waals surface area (Å²) in [6.07, 6.45) is 1.83. The Morgan fingerprint density at radius 2 is 1.76 bits per heavy atom. The molecule has 7 atom stereocenters. The van der Waals surface area contributed by atoms with Crippen LogP contribution in [0.25, 0.3) is 0 Å². The van der Waals surface area contributed by atoms with E-state index < -0.39 is 80.3 Å². The van der Waals surface area contributed by atoms with Crippen molar-refractivity contribution in [2.45, 2.75) is 77.9 Å². The number of hydrogen-bond donors (Lipinski definition) is 5. The molecule has 0 aromatic heterocycles. The first-order chi connectivity index (χ1) is 17.8. The van der Waals surface area contributed by atoms with Gasteiger partial charge in [0.2, 0.25) is 11.8 Å². The lowest BCUT2D eigenvalue weighted by Gasteiger charge is -2.31. The fourth-order valence-electron chi connectivity index (χ4n) is 3.83. The summed E-state index contributed by atoms with van der Waals surface area (Å²) >= 11 is 0. The largest absolute Gasteiger partial charge is 0.571 e. The van der Waals surface area contributed by atoms with E-state index in [1.54, 1.807) is 33.8 Å². The van der Waals surface area contributed by atoms with Crippen LogP contribution in [0.1, 0.15) is 47.5 Å². The second-order valence-electron chi connectivity index (χ2n) is 9.76. The van der Waals surface area contributed by atoms with Crippen LogP contribution >= 0.6 is 0 Å². The molecule has 38 heavy (non-hydrogen) atoms. The molecule has 2 aliphatic rings. The molecule has 12 nitrogen and oxygen atoms in total. The van der Waals surface area contributed by atoms with Crippen LogP contribution in [0.15, 0.2) is 23.9 Å². The van der Waals surface area contributed by atoms with Gasteiger partial charge in [0.1, 0.15) is 30.1 Å². The van der Waals surface area contributed by atoms with Gasteiger partial charge >= 0.3 is 5.97 Å². The van der Waals surface area contributed by atoms with Crippen LogP contribution in [0.4, 0.5) is 0 Å². The highest BCUT2D eigenvalue weighted by molar-refractivity contribution is 8.67. The van der Waals surface area contributed by atoms with Crippen LogP contribution in [-0.2, 0) is 44.3 Å². The summed E-state index contributed by atoms with van der Waals surface area (Å²) in [6, 6.07) is -3.30. The zero-order valence-electron chi connectivity index (χ0n) is 22.2. The van der Waals surface area contributed by atoms with Gasteiger partial charge in [0.05, 0.1) is 12.5 Å². The topological polar surface area (TPSA) is 192 Å². The second-order valence-corrected chi connectivity index (χ2v) is 13.9. The minimum Gasteiger partial charge on any atom is -0.571 e. The van der Waals surface area contributed by atoms with Crippen molar-refractivity contribution in [2.24, 2.45) is 11.8 Å². The summed E-state index contributed by atoms with van der Waals surface area (Å²) in [5, 5.41) is 21.4. The lowest BCUT2D eigenvalue weighted by molar-refractivity contribution is -0.153. The van der Waals surface area contributed by atoms with Crippen LogP contribution in [0, 0.1) is 11.8 Å². The Balaban J connectivity index is 2.63. The summed E-state index contributed by atoms with van der Waals surface area (Å²) in [5.41, 5.74) is -0.178. The maximum Gasteiger partial charge on any atom is 0.329 e. The number of amides is 3. The van der Waals surface area contributed by atoms with Crippen molar-refractivity contribution in [1.29, 1.82) is 0 Å². The molecule has 0 aromatic carbocycles. The van der Waals surface area contributed by atoms with Crippen molar-refractivity contribution in [3.05, 3.63) is 23.9 Å². The summed E-state index contributed by atoms with van der Waals surface area (Å²) in [6.45, 7) is 8.42. The second kappa shape index (κ2) is 14.9. The first-order valence-electron chi connectivity index (χ1n) is 12.5. The minimum atomic E-state index is -1.99. The van der Waals surface area contributed by atoms with Crippen LogP contribution < -0.4 is 21.3 Å². The van der Waals surface area contributed by atoms with E-state index in [0.717, 1.165) is 0 Å². The van der Waals surface area contributed by atoms with Crippen LogP contribution in [0.5, 0.6) is 0 Å². The monoisotopic (exact) mass is 574 g/mol. The van der Waals surface area contributed by atoms with Crippen LogP contribution in [-0.4, -0.2) is 79.9 Å². The third-order valence-corrected chi connectivity index (χ3v) is 9.78. The van der Waals surface area contributed by atoms with Crippen molar-refractivity contribution >= 4 is 44.1 Å². The predicted octanol–water partition coefficient (Wildman–Crippen LogP) is -0.748. The van der Waals surface area contributed by atoms with Gasteiger partial charge in [-0.25, -0.2) is 4.79 Å². The molecule has 0 spiro atoms. The molecule has 2 rings (SSSR count). The fraction of sp³-hybridized carbons (Fsp3) is 0.667. The highest BCUT2D eigenvalue weighted by Gasteiger charge is 2.38. The van der Waals surface area contributed by atoms with Crippen molar-refractivity contribution in [3.63, 3.8) is 0 Å². The average molecular weight is 575 g/mol. The van der Waals surface area contributed by atoms with E-state index in [0.29, 0.717) is 0 Å². The Labute approximate surface area is 228 Å². The number of esters is 1. The smallest absolute Gasteiger partial charge is 0.329 e. The summed E-state index contributed by atoms with van der Waals surface area (Å²) in [7, 11) is -3.83. The summed E-state index contributed by atoms with van der Waals surface area (Å²) < 4.78 is 31.1. The predicted molar refractivity (Wildman–Crippen MR) is 143 cm³/mol. The van der Waals surface area contributed by atoms with E-state index in [2.05, 4.69) is 21.3 Å². The van der Waals surface area contributed by atoms with Gasteiger partial charge in [-0.3, -0.25) is 19.7 Å². The number of fused-ring (bicyclic) bond motifs is 7. The SMILES string of the molecule is C/C=C1\NC(=O)[C@H]2C[S+]([O-])[S+]([O-])CC/C=C/[C@H](CC(=O)N[C@H](C(C)C)C(O)N2)OC(=O)[C@H](C(C)C)NC1=O. The fourth-order valence-corrected chi connectivity index (χ4v) is 6.73. The van der Waals surface area contributed by atoms with E-state index in [4.69, 9.17) is 4.74 Å². The van der Waals surface area contributed by atoms with Gasteiger partial charge < -0.3 is 34.9 Å². The molecule has 1 fully saturated rings. The van der Waals surface area contributed by atoms with E-state index >= 15 is 0 Å². The molecule has 2 bridgehead atoms. The van der Waals surface area contributed by atoms with E-state index in [1.165, 1.54) is 19.1 Å². The molecular formula is C24H38N4O8S2. The lowest BCUT2D eigenvalue weighted by Crippen LogP contribution is -2.60. The molecule has 3 unspecified atom stereocenters. The molecule has 0 aliphatic carbocycles. The molecule has 14 heteroatoms. The minimum absolute atomic E-state index is 0.00371. The van der Waals surface area contributed by atoms with Gasteiger partial charge in [0.15, 0.2) is 31.9 Å². The lowest BCUT2D eigenvalue weighted by atomic mass is 10.0. The van der Waals surface area contributed by atoms with Gasteiger partial charge in [-0.1, -0.05) is 39.8 Å². The maximum atomic E-state index is 13.2. The molecule has 2 heterocycles. The Morgan fingerprint density at radius 3 is 2.37 bits per heavy atom. The molecule has 5 N–H and O–H groups in total. The third kappa shape index (κ3) is 9.27. The molecule has 0 aromatic rings. The summed E-state index contributed by atoms with van der Waals surface area (Å²) in [5.74, 6) is -4.00. The Bertz CT molecular complexity index is 929. The van der Waals surface area contributed by atoms with Crippen molar-refractivity contribution < 1.29 is 38.1 Å².